The van der Waals surface area contributed by atoms with Crippen molar-refractivity contribution in [1.29, 1.82) is 0 Å². The third kappa shape index (κ3) is 5.34. The smallest absolute Gasteiger partial charge is 0.378 e. The molecule has 2 amide bonds. The Balaban J connectivity index is 1.88. The van der Waals surface area contributed by atoms with Gasteiger partial charge in [0.15, 0.2) is 0 Å². The topological polar surface area (TPSA) is 76.1 Å². The van der Waals surface area contributed by atoms with Gasteiger partial charge in [-0.25, -0.2) is 14.8 Å². The maximum absolute atomic E-state index is 12.8. The molecule has 0 aliphatic heterocycles. The number of carbonyl (C=O) groups excluding carboxylic acids is 1. The third-order valence-electron chi connectivity index (χ3n) is 3.73. The van der Waals surface area contributed by atoms with Gasteiger partial charge in [-0.2, -0.15) is 13.2 Å². The predicted molar refractivity (Wildman–Crippen MR) is 76.7 cm³/mol. The zero-order chi connectivity index (χ0) is 16.9. The minimum atomic E-state index is -4.21. The molecule has 1 heterocycles. The number of carbonyl (C=O) groups is 1. The van der Waals surface area contributed by atoms with Crippen LogP contribution in [0.5, 0.6) is 0 Å². The largest absolute Gasteiger partial charge is 0.391 e. The summed E-state index contributed by atoms with van der Waals surface area (Å²) < 4.78 is 43.2. The van der Waals surface area contributed by atoms with E-state index in [-0.39, 0.29) is 25.3 Å². The average Bonchev–Trinajstić information content (AvgIpc) is 2.47. The first-order valence-corrected chi connectivity index (χ1v) is 7.32. The molecule has 0 bridgehead atoms. The Labute approximate surface area is 131 Å². The van der Waals surface area contributed by atoms with E-state index < -0.39 is 24.2 Å². The number of hydrogen-bond donors (Lipinski definition) is 2. The highest BCUT2D eigenvalue weighted by molar-refractivity contribution is 5.88. The summed E-state index contributed by atoms with van der Waals surface area (Å²) in [5, 5.41) is 5.08. The number of alkyl halides is 3. The first-order chi connectivity index (χ1) is 10.9. The number of nitrogens with one attached hydrogen (secondary N) is 2. The second-order valence-electron chi connectivity index (χ2n) is 5.53. The number of urea groups is 1. The number of methoxy groups -OCH3 is 1. The van der Waals surface area contributed by atoms with Crippen LogP contribution in [0.1, 0.15) is 31.4 Å². The lowest BCUT2D eigenvalue weighted by Gasteiger charge is -2.30. The van der Waals surface area contributed by atoms with Crippen molar-refractivity contribution < 1.29 is 22.7 Å². The van der Waals surface area contributed by atoms with E-state index in [2.05, 4.69) is 20.6 Å². The molecule has 1 aliphatic carbocycles. The molecule has 1 aromatic heterocycles. The van der Waals surface area contributed by atoms with Gasteiger partial charge in [0.25, 0.3) is 0 Å². The highest BCUT2D eigenvalue weighted by Crippen LogP contribution is 2.37. The van der Waals surface area contributed by atoms with Crippen molar-refractivity contribution in [2.75, 3.05) is 12.4 Å². The molecule has 1 fully saturated rings. The van der Waals surface area contributed by atoms with Crippen LogP contribution in [-0.4, -0.2) is 35.3 Å². The maximum Gasteiger partial charge on any atom is 0.391 e. The first-order valence-electron chi connectivity index (χ1n) is 7.32. The second kappa shape index (κ2) is 7.58. The van der Waals surface area contributed by atoms with E-state index in [1.54, 1.807) is 6.07 Å². The highest BCUT2D eigenvalue weighted by Gasteiger charge is 2.42. The fourth-order valence-electron chi connectivity index (χ4n) is 2.65. The van der Waals surface area contributed by atoms with Crippen molar-refractivity contribution in [3.8, 4) is 0 Å². The lowest BCUT2D eigenvalue weighted by molar-refractivity contribution is -0.183. The van der Waals surface area contributed by atoms with Crippen LogP contribution in [0.2, 0.25) is 0 Å². The van der Waals surface area contributed by atoms with Crippen molar-refractivity contribution in [1.82, 2.24) is 15.3 Å². The van der Waals surface area contributed by atoms with Crippen LogP contribution < -0.4 is 10.6 Å². The minimum Gasteiger partial charge on any atom is -0.378 e. The Morgan fingerprint density at radius 2 is 2.17 bits per heavy atom. The fourth-order valence-corrected chi connectivity index (χ4v) is 2.65. The van der Waals surface area contributed by atoms with E-state index in [4.69, 9.17) is 4.74 Å². The zero-order valence-electron chi connectivity index (χ0n) is 12.7. The Morgan fingerprint density at radius 3 is 2.87 bits per heavy atom. The SMILES string of the molecule is COCc1cc(NC(=O)N[C@H]2CCC[C@@H](C(F)(F)F)C2)ncn1. The predicted octanol–water partition coefficient (Wildman–Crippen LogP) is 2.87. The molecule has 2 rings (SSSR count). The maximum atomic E-state index is 12.8. The minimum absolute atomic E-state index is 0.0877. The van der Waals surface area contributed by atoms with Crippen LogP contribution in [0.15, 0.2) is 12.4 Å². The molecule has 0 spiro atoms. The molecule has 9 heteroatoms. The van der Waals surface area contributed by atoms with Gasteiger partial charge in [0.2, 0.25) is 0 Å². The summed E-state index contributed by atoms with van der Waals surface area (Å²) in [6, 6.07) is 0.484. The van der Waals surface area contributed by atoms with Gasteiger partial charge in [-0.15, -0.1) is 0 Å². The van der Waals surface area contributed by atoms with E-state index in [9.17, 15) is 18.0 Å². The van der Waals surface area contributed by atoms with Crippen molar-refractivity contribution in [3.05, 3.63) is 18.1 Å². The number of anilines is 1. The Bertz CT molecular complexity index is 539. The van der Waals surface area contributed by atoms with E-state index in [1.165, 1.54) is 13.4 Å². The normalized spacial score (nSPS) is 21.7. The van der Waals surface area contributed by atoms with Crippen molar-refractivity contribution in [2.24, 2.45) is 5.92 Å². The monoisotopic (exact) mass is 332 g/mol. The van der Waals surface area contributed by atoms with E-state index in [0.29, 0.717) is 18.5 Å². The molecule has 2 N–H and O–H groups in total. The number of amides is 2. The summed E-state index contributed by atoms with van der Waals surface area (Å²) in [7, 11) is 1.52. The molecule has 1 aliphatic rings. The Morgan fingerprint density at radius 1 is 1.39 bits per heavy atom. The van der Waals surface area contributed by atoms with E-state index >= 15 is 0 Å². The molecule has 1 aromatic rings. The van der Waals surface area contributed by atoms with Gasteiger partial charge in [0.1, 0.15) is 12.1 Å². The van der Waals surface area contributed by atoms with Crippen molar-refractivity contribution in [3.63, 3.8) is 0 Å². The quantitative estimate of drug-likeness (QED) is 0.889. The standard InChI is InChI=1S/C14H19F3N4O2/c1-23-7-11-6-12(19-8-18-11)21-13(22)20-10-4-2-3-9(5-10)14(15,16)17/h6,8-10H,2-5,7H2,1H3,(H2,18,19,20,21,22)/t9-,10+/m1/s1. The van der Waals surface area contributed by atoms with Gasteiger partial charge in [0, 0.05) is 19.2 Å². The summed E-state index contributed by atoms with van der Waals surface area (Å²) in [6.45, 7) is 0.273. The molecule has 6 nitrogen and oxygen atoms in total. The molecule has 0 aromatic carbocycles. The molecule has 0 unspecified atom stereocenters. The number of ether oxygens (including phenoxy) is 1. The fraction of sp³-hybridized carbons (Fsp3) is 0.643. The van der Waals surface area contributed by atoms with Gasteiger partial charge in [-0.1, -0.05) is 6.42 Å². The van der Waals surface area contributed by atoms with Gasteiger partial charge in [-0.05, 0) is 19.3 Å². The molecular weight excluding hydrogens is 313 g/mol. The van der Waals surface area contributed by atoms with Crippen molar-refractivity contribution in [2.45, 2.75) is 44.5 Å². The molecule has 1 saturated carbocycles. The van der Waals surface area contributed by atoms with Gasteiger partial charge in [0.05, 0.1) is 18.2 Å². The van der Waals surface area contributed by atoms with Gasteiger partial charge >= 0.3 is 12.2 Å². The molecular formula is C14H19F3N4O2. The molecule has 128 valence electrons. The number of aromatic nitrogens is 2. The average molecular weight is 332 g/mol. The summed E-state index contributed by atoms with van der Waals surface area (Å²) in [5.41, 5.74) is 0.590. The summed E-state index contributed by atoms with van der Waals surface area (Å²) >= 11 is 0. The van der Waals surface area contributed by atoms with Crippen molar-refractivity contribution >= 4 is 11.8 Å². The van der Waals surface area contributed by atoms with E-state index in [0.717, 1.165) is 0 Å². The number of nitrogens with zero attached hydrogens (tertiary/aromatic N) is 2. The lowest BCUT2D eigenvalue weighted by atomic mass is 9.85. The molecule has 23 heavy (non-hydrogen) atoms. The van der Waals surface area contributed by atoms with Crippen LogP contribution in [0.3, 0.4) is 0 Å². The summed E-state index contributed by atoms with van der Waals surface area (Å²) in [6.07, 6.45) is -1.91. The molecule has 0 radical (unpaired) electrons. The first kappa shape index (κ1) is 17.5. The highest BCUT2D eigenvalue weighted by atomic mass is 19.4. The van der Waals surface area contributed by atoms with Crippen LogP contribution in [-0.2, 0) is 11.3 Å². The van der Waals surface area contributed by atoms with E-state index in [1.807, 2.05) is 0 Å². The van der Waals surface area contributed by atoms with Crippen LogP contribution in [0.4, 0.5) is 23.8 Å². The summed E-state index contributed by atoms with van der Waals surface area (Å²) in [5.74, 6) is -1.08. The van der Waals surface area contributed by atoms with Gasteiger partial charge < -0.3 is 10.1 Å². The van der Waals surface area contributed by atoms with Crippen LogP contribution in [0, 0.1) is 5.92 Å². The van der Waals surface area contributed by atoms with Crippen LogP contribution >= 0.6 is 0 Å². The number of halogens is 3. The Kier molecular flexibility index (Phi) is 5.75. The van der Waals surface area contributed by atoms with Crippen LogP contribution in [0.25, 0.3) is 0 Å². The third-order valence-corrected chi connectivity index (χ3v) is 3.73. The molecule has 2 atom stereocenters. The zero-order valence-corrected chi connectivity index (χ0v) is 12.7. The summed E-state index contributed by atoms with van der Waals surface area (Å²) in [4.78, 5) is 19.8. The lowest BCUT2D eigenvalue weighted by Crippen LogP contribution is -2.43. The number of rotatable bonds is 4. The molecule has 0 saturated heterocycles. The number of hydrogen-bond acceptors (Lipinski definition) is 4. The second-order valence-corrected chi connectivity index (χ2v) is 5.53. The van der Waals surface area contributed by atoms with Gasteiger partial charge in [-0.3, -0.25) is 5.32 Å². The Hall–Kier alpha value is -1.90.